The van der Waals surface area contributed by atoms with Gasteiger partial charge in [-0.05, 0) is 56.7 Å². The van der Waals surface area contributed by atoms with Crippen molar-refractivity contribution in [2.75, 3.05) is 0 Å². The summed E-state index contributed by atoms with van der Waals surface area (Å²) in [6.45, 7) is 0. The second-order valence-electron chi connectivity index (χ2n) is 2.32. The van der Waals surface area contributed by atoms with Crippen LogP contribution in [0.3, 0.4) is 0 Å². The number of fused-ring (bicyclic) bond motifs is 1. The van der Waals surface area contributed by atoms with E-state index in [2.05, 4.69) is 38.5 Å². The molecular weight excluding hydrogens is 354 g/mol. The number of hydrogen-bond acceptors (Lipinski definition) is 1. The fourth-order valence-electron chi connectivity index (χ4n) is 1.03. The van der Waals surface area contributed by atoms with Gasteiger partial charge in [0, 0.05) is 8.96 Å². The standard InChI is InChI=1S/C8H3BrFIS/c9-7-3-4-5(10)1-2-6(11)8(4)12-7/h1-3H. The van der Waals surface area contributed by atoms with Crippen molar-refractivity contribution in [1.82, 2.24) is 0 Å². The highest BCUT2D eigenvalue weighted by molar-refractivity contribution is 14.1. The summed E-state index contributed by atoms with van der Waals surface area (Å²) in [6, 6.07) is 5.11. The first-order chi connectivity index (χ1) is 5.68. The van der Waals surface area contributed by atoms with Gasteiger partial charge in [0.05, 0.1) is 8.49 Å². The van der Waals surface area contributed by atoms with Gasteiger partial charge in [-0.2, -0.15) is 0 Å². The zero-order valence-electron chi connectivity index (χ0n) is 5.77. The second kappa shape index (κ2) is 3.23. The van der Waals surface area contributed by atoms with E-state index in [-0.39, 0.29) is 5.82 Å². The topological polar surface area (TPSA) is 0 Å². The van der Waals surface area contributed by atoms with E-state index in [0.29, 0.717) is 5.39 Å². The average molecular weight is 357 g/mol. The molecule has 2 aromatic rings. The van der Waals surface area contributed by atoms with E-state index >= 15 is 0 Å². The van der Waals surface area contributed by atoms with Crippen molar-refractivity contribution >= 4 is 59.9 Å². The molecule has 4 heteroatoms. The highest BCUT2D eigenvalue weighted by atomic mass is 127. The quantitative estimate of drug-likeness (QED) is 0.613. The van der Waals surface area contributed by atoms with E-state index in [4.69, 9.17) is 0 Å². The highest BCUT2D eigenvalue weighted by Crippen LogP contribution is 2.34. The number of thiophene rings is 1. The molecule has 0 fully saturated rings. The molecule has 0 unspecified atom stereocenters. The minimum absolute atomic E-state index is 0.146. The molecular formula is C8H3BrFIS. The summed E-state index contributed by atoms with van der Waals surface area (Å²) >= 11 is 7.11. The molecule has 0 atom stereocenters. The van der Waals surface area contributed by atoms with Gasteiger partial charge in [-0.25, -0.2) is 4.39 Å². The largest absolute Gasteiger partial charge is 0.206 e. The Morgan fingerprint density at radius 1 is 1.42 bits per heavy atom. The van der Waals surface area contributed by atoms with Crippen LogP contribution in [0.1, 0.15) is 0 Å². The van der Waals surface area contributed by atoms with E-state index < -0.39 is 0 Å². The lowest BCUT2D eigenvalue weighted by atomic mass is 10.2. The van der Waals surface area contributed by atoms with Crippen molar-refractivity contribution in [3.63, 3.8) is 0 Å². The number of hydrogen-bond donors (Lipinski definition) is 0. The third-order valence-corrected chi connectivity index (χ3v) is 4.49. The van der Waals surface area contributed by atoms with Gasteiger partial charge in [0.2, 0.25) is 0 Å². The van der Waals surface area contributed by atoms with E-state index in [0.717, 1.165) is 12.1 Å². The molecule has 62 valence electrons. The number of benzene rings is 1. The maximum atomic E-state index is 13.2. The summed E-state index contributed by atoms with van der Waals surface area (Å²) in [4.78, 5) is 0. The van der Waals surface area contributed by atoms with Crippen molar-refractivity contribution in [2.24, 2.45) is 0 Å². The fraction of sp³-hybridized carbons (Fsp3) is 0. The smallest absolute Gasteiger partial charge is 0.131 e. The summed E-state index contributed by atoms with van der Waals surface area (Å²) in [6.07, 6.45) is 0. The summed E-state index contributed by atoms with van der Waals surface area (Å²) in [5, 5.41) is 0.707. The van der Waals surface area contributed by atoms with E-state index in [9.17, 15) is 4.39 Å². The summed E-state index contributed by atoms with van der Waals surface area (Å²) in [5.74, 6) is -0.146. The van der Waals surface area contributed by atoms with E-state index in [1.807, 2.05) is 6.07 Å². The molecule has 0 saturated carbocycles. The van der Waals surface area contributed by atoms with E-state index in [1.165, 1.54) is 6.07 Å². The Balaban J connectivity index is 2.93. The third-order valence-electron chi connectivity index (χ3n) is 1.55. The summed E-state index contributed by atoms with van der Waals surface area (Å²) in [7, 11) is 0. The maximum absolute atomic E-state index is 13.2. The molecule has 0 aliphatic rings. The predicted octanol–water partition coefficient (Wildman–Crippen LogP) is 4.41. The van der Waals surface area contributed by atoms with Crippen molar-refractivity contribution in [3.8, 4) is 0 Å². The molecule has 1 aromatic carbocycles. The minimum atomic E-state index is -0.146. The Morgan fingerprint density at radius 2 is 2.17 bits per heavy atom. The van der Waals surface area contributed by atoms with Crippen LogP contribution in [-0.2, 0) is 0 Å². The molecule has 0 N–H and O–H groups in total. The SMILES string of the molecule is Fc1ccc(I)c2sc(Br)cc12. The molecule has 0 bridgehead atoms. The number of halogens is 3. The minimum Gasteiger partial charge on any atom is -0.206 e. The van der Waals surface area contributed by atoms with Crippen LogP contribution in [-0.4, -0.2) is 0 Å². The average Bonchev–Trinajstić information content (AvgIpc) is 2.41. The molecule has 0 saturated heterocycles. The lowest BCUT2D eigenvalue weighted by Gasteiger charge is -1.93. The molecule has 1 heterocycles. The van der Waals surface area contributed by atoms with Crippen molar-refractivity contribution in [1.29, 1.82) is 0 Å². The molecule has 0 aliphatic heterocycles. The molecule has 0 spiro atoms. The van der Waals surface area contributed by atoms with Gasteiger partial charge >= 0.3 is 0 Å². The van der Waals surface area contributed by atoms with Crippen molar-refractivity contribution in [2.45, 2.75) is 0 Å². The van der Waals surface area contributed by atoms with Crippen LogP contribution < -0.4 is 0 Å². The normalized spacial score (nSPS) is 10.9. The van der Waals surface area contributed by atoms with E-state index in [1.54, 1.807) is 17.4 Å². The van der Waals surface area contributed by atoms with Crippen LogP contribution in [0.5, 0.6) is 0 Å². The molecule has 0 radical (unpaired) electrons. The van der Waals surface area contributed by atoms with Crippen LogP contribution in [0.15, 0.2) is 22.0 Å². The molecule has 0 aliphatic carbocycles. The molecule has 2 rings (SSSR count). The zero-order valence-corrected chi connectivity index (χ0v) is 10.3. The van der Waals surface area contributed by atoms with Crippen molar-refractivity contribution < 1.29 is 4.39 Å². The molecule has 0 amide bonds. The summed E-state index contributed by atoms with van der Waals surface area (Å²) in [5.41, 5.74) is 0. The number of rotatable bonds is 0. The van der Waals surface area contributed by atoms with Crippen molar-refractivity contribution in [3.05, 3.63) is 31.4 Å². The maximum Gasteiger partial charge on any atom is 0.131 e. The lowest BCUT2D eigenvalue weighted by molar-refractivity contribution is 0.640. The second-order valence-corrected chi connectivity index (χ2v) is 5.92. The molecule has 0 nitrogen and oxygen atoms in total. The Morgan fingerprint density at radius 3 is 2.83 bits per heavy atom. The van der Waals surface area contributed by atoms with Gasteiger partial charge in [0.15, 0.2) is 0 Å². The van der Waals surface area contributed by atoms with Gasteiger partial charge < -0.3 is 0 Å². The summed E-state index contributed by atoms with van der Waals surface area (Å²) < 4.78 is 16.2. The van der Waals surface area contributed by atoms with Gasteiger partial charge in [0.25, 0.3) is 0 Å². The van der Waals surface area contributed by atoms with Gasteiger partial charge in [0.1, 0.15) is 5.82 Å². The van der Waals surface area contributed by atoms with Gasteiger partial charge in [-0.3, -0.25) is 0 Å². The van der Waals surface area contributed by atoms with Crippen LogP contribution in [0.4, 0.5) is 4.39 Å². The van der Waals surface area contributed by atoms with Gasteiger partial charge in [-0.15, -0.1) is 11.3 Å². The van der Waals surface area contributed by atoms with Crippen LogP contribution >= 0.6 is 49.9 Å². The Hall–Kier alpha value is 0.320. The highest BCUT2D eigenvalue weighted by Gasteiger charge is 2.07. The molecule has 12 heavy (non-hydrogen) atoms. The molecule has 1 aromatic heterocycles. The third kappa shape index (κ3) is 1.40. The van der Waals surface area contributed by atoms with Crippen LogP contribution in [0.2, 0.25) is 0 Å². The zero-order chi connectivity index (χ0) is 8.72. The Labute approximate surface area is 95.0 Å². The van der Waals surface area contributed by atoms with Crippen LogP contribution in [0, 0.1) is 9.39 Å². The predicted molar refractivity (Wildman–Crippen MR) is 62.2 cm³/mol. The lowest BCUT2D eigenvalue weighted by Crippen LogP contribution is -1.76. The fourth-order valence-corrected chi connectivity index (χ4v) is 3.35. The van der Waals surface area contributed by atoms with Crippen LogP contribution in [0.25, 0.3) is 10.1 Å². The first-order valence-electron chi connectivity index (χ1n) is 3.21. The first kappa shape index (κ1) is 8.90. The first-order valence-corrected chi connectivity index (χ1v) is 5.90. The monoisotopic (exact) mass is 356 g/mol. The Bertz CT molecular complexity index is 399. The van der Waals surface area contributed by atoms with Gasteiger partial charge in [-0.1, -0.05) is 0 Å². The Kier molecular flexibility index (Phi) is 2.39.